The molecule has 0 aliphatic heterocycles. The second-order valence-electron chi connectivity index (χ2n) is 5.27. The fourth-order valence-electron chi connectivity index (χ4n) is 2.20. The number of hydrogen-bond acceptors (Lipinski definition) is 4. The summed E-state index contributed by atoms with van der Waals surface area (Å²) in [6, 6.07) is 15.5. The highest BCUT2D eigenvalue weighted by Gasteiger charge is 2.07. The maximum atomic E-state index is 11.3. The van der Waals surface area contributed by atoms with Crippen molar-refractivity contribution >= 4 is 34.3 Å². The van der Waals surface area contributed by atoms with Crippen LogP contribution >= 0.6 is 12.2 Å². The molecule has 0 radical (unpaired) electrons. The van der Waals surface area contributed by atoms with Gasteiger partial charge >= 0.3 is 0 Å². The van der Waals surface area contributed by atoms with Crippen LogP contribution in [0.15, 0.2) is 52.9 Å². The van der Waals surface area contributed by atoms with Crippen molar-refractivity contribution in [3.05, 3.63) is 54.1 Å². The second kappa shape index (κ2) is 7.23. The molecular weight excluding hydrogens is 322 g/mol. The predicted octanol–water partition coefficient (Wildman–Crippen LogP) is 3.40. The molecule has 0 unspecified atom stereocenters. The van der Waals surface area contributed by atoms with E-state index in [1.807, 2.05) is 48.5 Å². The summed E-state index contributed by atoms with van der Waals surface area (Å²) in [4.78, 5) is 15.7. The molecule has 24 heavy (non-hydrogen) atoms. The highest BCUT2D eigenvalue weighted by molar-refractivity contribution is 7.80. The van der Waals surface area contributed by atoms with Crippen LogP contribution in [0.5, 0.6) is 0 Å². The Morgan fingerprint density at radius 3 is 2.62 bits per heavy atom. The van der Waals surface area contributed by atoms with Gasteiger partial charge in [-0.3, -0.25) is 4.79 Å². The van der Waals surface area contributed by atoms with Crippen LogP contribution in [0.3, 0.4) is 0 Å². The smallest absolute Gasteiger partial charge is 0.227 e. The van der Waals surface area contributed by atoms with E-state index in [-0.39, 0.29) is 5.91 Å². The van der Waals surface area contributed by atoms with Crippen LogP contribution < -0.4 is 10.6 Å². The van der Waals surface area contributed by atoms with Crippen molar-refractivity contribution in [1.82, 2.24) is 15.6 Å². The summed E-state index contributed by atoms with van der Waals surface area (Å²) in [5.74, 6) is 0.500. The average molecular weight is 339 g/mol. The molecule has 1 amide bonds. The fourth-order valence-corrected chi connectivity index (χ4v) is 2.39. The lowest BCUT2D eigenvalue weighted by molar-refractivity contribution is -0.119. The molecule has 0 aliphatic rings. The number of carbonyl (C=O) groups excluding carboxylic acids is 1. The third-order valence-corrected chi connectivity index (χ3v) is 3.77. The van der Waals surface area contributed by atoms with Gasteiger partial charge in [0, 0.05) is 18.5 Å². The first-order chi connectivity index (χ1) is 11.7. The van der Waals surface area contributed by atoms with Crippen molar-refractivity contribution in [2.24, 2.45) is 0 Å². The Hall–Kier alpha value is -2.73. The number of hydrogen-bond donors (Lipinski definition) is 2. The topological polar surface area (TPSA) is 67.2 Å². The molecule has 122 valence electrons. The van der Waals surface area contributed by atoms with Crippen molar-refractivity contribution in [3.8, 4) is 11.5 Å². The summed E-state index contributed by atoms with van der Waals surface area (Å²) in [6.07, 6.45) is 0.404. The number of para-hydroxylation sites is 2. The van der Waals surface area contributed by atoms with Crippen LogP contribution in [0.2, 0.25) is 0 Å². The van der Waals surface area contributed by atoms with E-state index in [4.69, 9.17) is 16.6 Å². The second-order valence-corrected chi connectivity index (χ2v) is 5.68. The van der Waals surface area contributed by atoms with E-state index in [2.05, 4.69) is 15.6 Å². The molecule has 3 aromatic rings. The summed E-state index contributed by atoms with van der Waals surface area (Å²) >= 11 is 5.07. The van der Waals surface area contributed by atoms with E-state index in [1.54, 1.807) is 6.92 Å². The first kappa shape index (κ1) is 16.1. The number of oxazole rings is 1. The number of benzene rings is 2. The fraction of sp³-hybridized carbons (Fsp3) is 0.167. The summed E-state index contributed by atoms with van der Waals surface area (Å²) in [5, 5.41) is 5.95. The van der Waals surface area contributed by atoms with Crippen molar-refractivity contribution < 1.29 is 9.21 Å². The van der Waals surface area contributed by atoms with Gasteiger partial charge in [0.15, 0.2) is 10.7 Å². The number of fused-ring (bicyclic) bond motifs is 1. The lowest BCUT2D eigenvalue weighted by atomic mass is 10.1. The van der Waals surface area contributed by atoms with Gasteiger partial charge in [0.1, 0.15) is 5.52 Å². The number of amides is 1. The molecule has 0 aliphatic carbocycles. The minimum absolute atomic E-state index is 0.0983. The van der Waals surface area contributed by atoms with Crippen LogP contribution in [-0.2, 0) is 11.3 Å². The quantitative estimate of drug-likeness (QED) is 0.713. The third-order valence-electron chi connectivity index (χ3n) is 3.52. The first-order valence-corrected chi connectivity index (χ1v) is 8.09. The molecule has 1 heterocycles. The third kappa shape index (κ3) is 3.78. The van der Waals surface area contributed by atoms with Gasteiger partial charge in [0.2, 0.25) is 11.8 Å². The van der Waals surface area contributed by atoms with Gasteiger partial charge in [-0.15, -0.1) is 0 Å². The van der Waals surface area contributed by atoms with Gasteiger partial charge in [-0.25, -0.2) is 4.98 Å². The van der Waals surface area contributed by atoms with Gasteiger partial charge < -0.3 is 15.1 Å². The SMILES string of the molecule is CCC(=O)NC(=S)NCc1ccc(-c2nc3ccccc3o2)cc1. The zero-order valence-electron chi connectivity index (χ0n) is 13.2. The Morgan fingerprint density at radius 1 is 1.17 bits per heavy atom. The van der Waals surface area contributed by atoms with Crippen LogP contribution in [0.1, 0.15) is 18.9 Å². The highest BCUT2D eigenvalue weighted by Crippen LogP contribution is 2.24. The zero-order chi connectivity index (χ0) is 16.9. The molecule has 6 heteroatoms. The van der Waals surface area contributed by atoms with E-state index in [9.17, 15) is 4.79 Å². The molecule has 0 saturated carbocycles. The van der Waals surface area contributed by atoms with E-state index in [0.29, 0.717) is 24.0 Å². The molecule has 0 spiro atoms. The number of nitrogens with zero attached hydrogens (tertiary/aromatic N) is 1. The molecule has 5 nitrogen and oxygen atoms in total. The van der Waals surface area contributed by atoms with Gasteiger partial charge in [0.05, 0.1) is 0 Å². The summed E-state index contributed by atoms with van der Waals surface area (Å²) < 4.78 is 5.75. The lowest BCUT2D eigenvalue weighted by Crippen LogP contribution is -2.38. The molecule has 2 N–H and O–H groups in total. The summed E-state index contributed by atoms with van der Waals surface area (Å²) in [5.41, 5.74) is 3.57. The van der Waals surface area contributed by atoms with Crippen LogP contribution in [0, 0.1) is 0 Å². The lowest BCUT2D eigenvalue weighted by Gasteiger charge is -2.09. The maximum absolute atomic E-state index is 11.3. The predicted molar refractivity (Wildman–Crippen MR) is 97.3 cm³/mol. The van der Waals surface area contributed by atoms with Crippen molar-refractivity contribution in [1.29, 1.82) is 0 Å². The van der Waals surface area contributed by atoms with Crippen LogP contribution in [-0.4, -0.2) is 16.0 Å². The summed E-state index contributed by atoms with van der Waals surface area (Å²) in [6.45, 7) is 2.32. The Morgan fingerprint density at radius 2 is 1.92 bits per heavy atom. The molecule has 0 atom stereocenters. The minimum Gasteiger partial charge on any atom is -0.436 e. The normalized spacial score (nSPS) is 10.5. The maximum Gasteiger partial charge on any atom is 0.227 e. The molecule has 3 rings (SSSR count). The molecule has 1 aromatic heterocycles. The number of carbonyl (C=O) groups is 1. The molecule has 0 bridgehead atoms. The first-order valence-electron chi connectivity index (χ1n) is 7.68. The Bertz CT molecular complexity index is 838. The van der Waals surface area contributed by atoms with Gasteiger partial charge in [-0.2, -0.15) is 0 Å². The largest absolute Gasteiger partial charge is 0.436 e. The van der Waals surface area contributed by atoms with E-state index in [0.717, 1.165) is 22.2 Å². The Balaban J connectivity index is 1.65. The minimum atomic E-state index is -0.0983. The molecule has 2 aromatic carbocycles. The number of aromatic nitrogens is 1. The van der Waals surface area contributed by atoms with Gasteiger partial charge in [-0.05, 0) is 42.0 Å². The standard InChI is InChI=1S/C18H17N3O2S/c1-2-16(22)21-18(24)19-11-12-7-9-13(10-8-12)17-20-14-5-3-4-6-15(14)23-17/h3-10H,2,11H2,1H3,(H2,19,21,22,24). The zero-order valence-corrected chi connectivity index (χ0v) is 14.0. The van der Waals surface area contributed by atoms with Crippen molar-refractivity contribution in [2.75, 3.05) is 0 Å². The summed E-state index contributed by atoms with van der Waals surface area (Å²) in [7, 11) is 0. The van der Waals surface area contributed by atoms with E-state index >= 15 is 0 Å². The monoisotopic (exact) mass is 339 g/mol. The number of rotatable bonds is 4. The molecular formula is C18H17N3O2S. The Kier molecular flexibility index (Phi) is 4.86. The number of thiocarbonyl (C=S) groups is 1. The Labute approximate surface area is 145 Å². The number of nitrogens with one attached hydrogen (secondary N) is 2. The van der Waals surface area contributed by atoms with E-state index in [1.165, 1.54) is 0 Å². The van der Waals surface area contributed by atoms with Gasteiger partial charge in [-0.1, -0.05) is 31.2 Å². The highest BCUT2D eigenvalue weighted by atomic mass is 32.1. The van der Waals surface area contributed by atoms with E-state index < -0.39 is 0 Å². The van der Waals surface area contributed by atoms with Crippen LogP contribution in [0.25, 0.3) is 22.6 Å². The molecule has 0 saturated heterocycles. The van der Waals surface area contributed by atoms with Crippen LogP contribution in [0.4, 0.5) is 0 Å². The van der Waals surface area contributed by atoms with Crippen molar-refractivity contribution in [2.45, 2.75) is 19.9 Å². The molecule has 0 fully saturated rings. The average Bonchev–Trinajstić information content (AvgIpc) is 3.04. The van der Waals surface area contributed by atoms with Crippen molar-refractivity contribution in [3.63, 3.8) is 0 Å². The van der Waals surface area contributed by atoms with Gasteiger partial charge in [0.25, 0.3) is 0 Å².